The number of halogens is 2. The predicted octanol–water partition coefficient (Wildman–Crippen LogP) is 5.22. The lowest BCUT2D eigenvalue weighted by Gasteiger charge is -2.13. The van der Waals surface area contributed by atoms with Crippen LogP contribution < -0.4 is 5.56 Å². The lowest BCUT2D eigenvalue weighted by Crippen LogP contribution is -2.12. The zero-order valence-corrected chi connectivity index (χ0v) is 14.7. The number of nitrogens with zero attached hydrogens (tertiary/aromatic N) is 1. The zero-order valence-electron chi connectivity index (χ0n) is 12.3. The number of para-hydroxylation sites is 1. The van der Waals surface area contributed by atoms with E-state index in [2.05, 4.69) is 9.97 Å². The molecule has 3 rings (SSSR count). The normalized spacial score (nSPS) is 12.5. The van der Waals surface area contributed by atoms with Gasteiger partial charge in [0.2, 0.25) is 0 Å². The Kier molecular flexibility index (Phi) is 4.95. The molecule has 0 aliphatic heterocycles. The number of fused-ring (bicyclic) bond motifs is 1. The van der Waals surface area contributed by atoms with Gasteiger partial charge in [-0.15, -0.1) is 11.8 Å². The van der Waals surface area contributed by atoms with Gasteiger partial charge in [-0.25, -0.2) is 4.98 Å². The summed E-state index contributed by atoms with van der Waals surface area (Å²) in [5, 5.41) is 1.91. The number of hydrogen-bond donors (Lipinski definition) is 1. The molecule has 1 N–H and O–H groups in total. The van der Waals surface area contributed by atoms with Gasteiger partial charge in [-0.2, -0.15) is 0 Å². The van der Waals surface area contributed by atoms with Gasteiger partial charge in [-0.3, -0.25) is 4.79 Å². The van der Waals surface area contributed by atoms with Crippen LogP contribution in [-0.2, 0) is 5.75 Å². The van der Waals surface area contributed by atoms with E-state index in [9.17, 15) is 4.79 Å². The molecule has 3 aromatic rings. The van der Waals surface area contributed by atoms with E-state index in [1.807, 2.05) is 43.3 Å². The van der Waals surface area contributed by atoms with Crippen molar-refractivity contribution in [1.29, 1.82) is 0 Å². The van der Waals surface area contributed by atoms with Gasteiger partial charge in [0.1, 0.15) is 5.82 Å². The van der Waals surface area contributed by atoms with E-state index < -0.39 is 0 Å². The molecule has 0 saturated heterocycles. The standard InChI is InChI=1S/C17H14Cl2N2OS/c1-10(23-9-12-13(18)6-4-7-14(12)19)16-20-15-8-3-2-5-11(15)17(22)21-16/h2-8,10H,9H2,1H3,(H,20,21,22). The van der Waals surface area contributed by atoms with Crippen molar-refractivity contribution in [2.45, 2.75) is 17.9 Å². The Bertz CT molecular complexity index is 890. The minimum atomic E-state index is -0.117. The molecule has 23 heavy (non-hydrogen) atoms. The number of thioether (sulfide) groups is 1. The first-order valence-electron chi connectivity index (χ1n) is 7.09. The molecule has 6 heteroatoms. The Hall–Kier alpha value is -1.49. The molecule has 0 spiro atoms. The van der Waals surface area contributed by atoms with Crippen LogP contribution in [0.5, 0.6) is 0 Å². The second kappa shape index (κ2) is 6.95. The number of benzene rings is 2. The Balaban J connectivity index is 1.84. The third-order valence-corrected chi connectivity index (χ3v) is 5.44. The Labute approximate surface area is 148 Å². The van der Waals surface area contributed by atoms with Gasteiger partial charge < -0.3 is 4.98 Å². The van der Waals surface area contributed by atoms with Gasteiger partial charge in [0.05, 0.1) is 16.2 Å². The Morgan fingerprint density at radius 1 is 1.13 bits per heavy atom. The Morgan fingerprint density at radius 2 is 1.83 bits per heavy atom. The number of rotatable bonds is 4. The summed E-state index contributed by atoms with van der Waals surface area (Å²) in [5.74, 6) is 1.30. The van der Waals surface area contributed by atoms with Crippen molar-refractivity contribution >= 4 is 45.9 Å². The third-order valence-electron chi connectivity index (χ3n) is 3.56. The van der Waals surface area contributed by atoms with Crippen molar-refractivity contribution in [3.8, 4) is 0 Å². The molecular weight excluding hydrogens is 351 g/mol. The van der Waals surface area contributed by atoms with Crippen LogP contribution in [0, 0.1) is 0 Å². The maximum Gasteiger partial charge on any atom is 0.258 e. The highest BCUT2D eigenvalue weighted by Crippen LogP contribution is 2.34. The van der Waals surface area contributed by atoms with Crippen LogP contribution in [0.1, 0.15) is 23.6 Å². The van der Waals surface area contributed by atoms with E-state index >= 15 is 0 Å². The predicted molar refractivity (Wildman–Crippen MR) is 98.5 cm³/mol. The topological polar surface area (TPSA) is 45.8 Å². The Morgan fingerprint density at radius 3 is 2.57 bits per heavy atom. The van der Waals surface area contributed by atoms with Crippen LogP contribution in [-0.4, -0.2) is 9.97 Å². The highest BCUT2D eigenvalue weighted by molar-refractivity contribution is 7.98. The summed E-state index contributed by atoms with van der Waals surface area (Å²) in [4.78, 5) is 19.6. The van der Waals surface area contributed by atoms with Crippen molar-refractivity contribution in [1.82, 2.24) is 9.97 Å². The van der Waals surface area contributed by atoms with Crippen LogP contribution in [0.15, 0.2) is 47.3 Å². The van der Waals surface area contributed by atoms with Crippen LogP contribution in [0.2, 0.25) is 10.0 Å². The van der Waals surface area contributed by atoms with Gasteiger partial charge in [0.25, 0.3) is 5.56 Å². The van der Waals surface area contributed by atoms with Gasteiger partial charge in [0.15, 0.2) is 0 Å². The molecule has 2 aromatic carbocycles. The summed E-state index contributed by atoms with van der Waals surface area (Å²) in [7, 11) is 0. The SMILES string of the molecule is CC(SCc1c(Cl)cccc1Cl)c1nc2ccccc2c(=O)[nH]1. The first-order valence-corrected chi connectivity index (χ1v) is 8.90. The van der Waals surface area contributed by atoms with Gasteiger partial charge in [-0.1, -0.05) is 41.4 Å². The molecule has 3 nitrogen and oxygen atoms in total. The number of H-pyrrole nitrogens is 1. The van der Waals surface area contributed by atoms with Crippen molar-refractivity contribution < 1.29 is 0 Å². The minimum Gasteiger partial charge on any atom is -0.309 e. The maximum atomic E-state index is 12.1. The molecule has 118 valence electrons. The molecule has 0 amide bonds. The van der Waals surface area contributed by atoms with Crippen molar-refractivity contribution in [2.75, 3.05) is 0 Å². The summed E-state index contributed by atoms with van der Waals surface area (Å²) in [5.41, 5.74) is 1.49. The van der Waals surface area contributed by atoms with Gasteiger partial charge >= 0.3 is 0 Å². The van der Waals surface area contributed by atoms with E-state index in [0.29, 0.717) is 32.5 Å². The quantitative estimate of drug-likeness (QED) is 0.689. The van der Waals surface area contributed by atoms with Gasteiger partial charge in [0, 0.05) is 15.8 Å². The fraction of sp³-hybridized carbons (Fsp3) is 0.176. The number of aromatic amines is 1. The molecule has 1 aromatic heterocycles. The number of nitrogens with one attached hydrogen (secondary N) is 1. The van der Waals surface area contributed by atoms with Crippen molar-refractivity contribution in [3.63, 3.8) is 0 Å². The molecule has 1 heterocycles. The van der Waals surface area contributed by atoms with Gasteiger partial charge in [-0.05, 0) is 36.8 Å². The van der Waals surface area contributed by atoms with Crippen LogP contribution in [0.4, 0.5) is 0 Å². The molecule has 1 atom stereocenters. The highest BCUT2D eigenvalue weighted by Gasteiger charge is 2.13. The van der Waals surface area contributed by atoms with E-state index in [1.54, 1.807) is 17.8 Å². The molecule has 0 aliphatic rings. The largest absolute Gasteiger partial charge is 0.309 e. The molecule has 0 fully saturated rings. The van der Waals surface area contributed by atoms with E-state index in [-0.39, 0.29) is 10.8 Å². The number of hydrogen-bond acceptors (Lipinski definition) is 3. The van der Waals surface area contributed by atoms with Crippen molar-refractivity contribution in [2.24, 2.45) is 0 Å². The van der Waals surface area contributed by atoms with E-state index in [0.717, 1.165) is 5.56 Å². The number of aromatic nitrogens is 2. The van der Waals surface area contributed by atoms with Crippen LogP contribution in [0.25, 0.3) is 10.9 Å². The summed E-state index contributed by atoms with van der Waals surface area (Å²) in [6.45, 7) is 2.00. The summed E-state index contributed by atoms with van der Waals surface area (Å²) in [6.07, 6.45) is 0. The summed E-state index contributed by atoms with van der Waals surface area (Å²) in [6, 6.07) is 12.8. The lowest BCUT2D eigenvalue weighted by molar-refractivity contribution is 0.922. The second-order valence-electron chi connectivity index (χ2n) is 5.12. The molecule has 0 bridgehead atoms. The minimum absolute atomic E-state index is 0.0136. The fourth-order valence-electron chi connectivity index (χ4n) is 2.25. The average Bonchev–Trinajstić information content (AvgIpc) is 2.54. The third kappa shape index (κ3) is 3.55. The maximum absolute atomic E-state index is 12.1. The van der Waals surface area contributed by atoms with E-state index in [4.69, 9.17) is 23.2 Å². The van der Waals surface area contributed by atoms with Crippen LogP contribution in [0.3, 0.4) is 0 Å². The molecule has 0 aliphatic carbocycles. The first kappa shape index (κ1) is 16.4. The molecule has 0 radical (unpaired) electrons. The zero-order chi connectivity index (χ0) is 16.4. The molecule has 1 unspecified atom stereocenters. The highest BCUT2D eigenvalue weighted by atomic mass is 35.5. The second-order valence-corrected chi connectivity index (χ2v) is 7.27. The average molecular weight is 365 g/mol. The van der Waals surface area contributed by atoms with E-state index in [1.165, 1.54) is 0 Å². The first-order chi connectivity index (χ1) is 11.1. The van der Waals surface area contributed by atoms with Crippen LogP contribution >= 0.6 is 35.0 Å². The monoisotopic (exact) mass is 364 g/mol. The molecular formula is C17H14Cl2N2OS. The van der Waals surface area contributed by atoms with Crippen molar-refractivity contribution in [3.05, 3.63) is 74.3 Å². The summed E-state index contributed by atoms with van der Waals surface area (Å²) < 4.78 is 0. The smallest absolute Gasteiger partial charge is 0.258 e. The summed E-state index contributed by atoms with van der Waals surface area (Å²) >= 11 is 14.0. The fourth-order valence-corrected chi connectivity index (χ4v) is 3.94. The molecule has 0 saturated carbocycles. The lowest BCUT2D eigenvalue weighted by atomic mass is 10.2.